The molecule has 0 radical (unpaired) electrons. The number of aromatic nitrogens is 3. The molecular formula is C26H25F3N6O. The molecule has 0 unspecified atom stereocenters. The molecule has 10 heteroatoms. The lowest BCUT2D eigenvalue weighted by Gasteiger charge is -2.25. The molecule has 2 aromatic carbocycles. The van der Waals surface area contributed by atoms with Gasteiger partial charge < -0.3 is 16.0 Å². The maximum Gasteiger partial charge on any atom is 0.416 e. The van der Waals surface area contributed by atoms with E-state index < -0.39 is 17.8 Å². The van der Waals surface area contributed by atoms with Gasteiger partial charge in [-0.25, -0.2) is 4.98 Å². The van der Waals surface area contributed by atoms with Gasteiger partial charge in [0.05, 0.1) is 17.1 Å². The Kier molecular flexibility index (Phi) is 5.82. The van der Waals surface area contributed by atoms with Crippen molar-refractivity contribution in [1.29, 1.82) is 0 Å². The van der Waals surface area contributed by atoms with Crippen molar-refractivity contribution in [3.05, 3.63) is 71.6 Å². The van der Waals surface area contributed by atoms with Gasteiger partial charge in [0.25, 0.3) is 0 Å². The van der Waals surface area contributed by atoms with Crippen LogP contribution in [0.3, 0.4) is 0 Å². The van der Waals surface area contributed by atoms with Gasteiger partial charge in [-0.15, -0.1) is 0 Å². The van der Waals surface area contributed by atoms with Crippen LogP contribution in [0.4, 0.5) is 24.7 Å². The fourth-order valence-electron chi connectivity index (χ4n) is 4.57. The number of nitrogens with one attached hydrogen (secondary N) is 1. The number of nitrogens with zero attached hydrogens (tertiary/aromatic N) is 4. The van der Waals surface area contributed by atoms with Crippen LogP contribution >= 0.6 is 0 Å². The maximum absolute atomic E-state index is 13.3. The van der Waals surface area contributed by atoms with Gasteiger partial charge in [-0.2, -0.15) is 18.2 Å². The third-order valence-electron chi connectivity index (χ3n) is 6.53. The highest BCUT2D eigenvalue weighted by Crippen LogP contribution is 2.35. The molecular weight excluding hydrogens is 469 g/mol. The number of rotatable bonds is 4. The average Bonchev–Trinajstić information content (AvgIpc) is 3.31. The number of anilines is 2. The van der Waals surface area contributed by atoms with Gasteiger partial charge in [-0.1, -0.05) is 12.1 Å². The van der Waals surface area contributed by atoms with Crippen molar-refractivity contribution in [1.82, 2.24) is 19.3 Å². The topological polar surface area (TPSA) is 88.5 Å². The summed E-state index contributed by atoms with van der Waals surface area (Å²) in [6, 6.07) is 9.08. The van der Waals surface area contributed by atoms with Crippen molar-refractivity contribution in [2.45, 2.75) is 32.5 Å². The van der Waals surface area contributed by atoms with Gasteiger partial charge in [-0.05, 0) is 60.4 Å². The molecule has 1 atom stereocenters. The SMILES string of the molecule is CC(=O)N1CC=C(c2ccc3c(c2)c(N[C@H](C)c2cc(N)cc(C(F)(F)F)c2)nc2nccn23)CC1. The Balaban J connectivity index is 1.55. The Hall–Kier alpha value is -4.08. The van der Waals surface area contributed by atoms with Gasteiger partial charge in [0.2, 0.25) is 11.7 Å². The Bertz CT molecular complexity index is 1510. The maximum atomic E-state index is 13.3. The Labute approximate surface area is 205 Å². The molecule has 0 fully saturated rings. The summed E-state index contributed by atoms with van der Waals surface area (Å²) in [4.78, 5) is 22.4. The zero-order valence-corrected chi connectivity index (χ0v) is 19.8. The van der Waals surface area contributed by atoms with Crippen molar-refractivity contribution < 1.29 is 18.0 Å². The summed E-state index contributed by atoms with van der Waals surface area (Å²) in [5.41, 5.74) is 8.43. The summed E-state index contributed by atoms with van der Waals surface area (Å²) in [5, 5.41) is 4.09. The standard InChI is InChI=1S/C26H25F3N6O/c1-15(19-11-20(26(27,28)29)14-21(30)12-19)32-24-22-13-18(17-5-8-34(9-6-17)16(2)36)3-4-23(22)35-10-7-31-25(35)33-24/h3-5,7,10-15H,6,8-9,30H2,1-2H3,(H,31,32,33)/t15-/m1/s1. The Morgan fingerprint density at radius 3 is 2.69 bits per heavy atom. The Morgan fingerprint density at radius 2 is 2.00 bits per heavy atom. The van der Waals surface area contributed by atoms with E-state index in [1.807, 2.05) is 28.8 Å². The molecule has 1 aliphatic rings. The lowest BCUT2D eigenvalue weighted by atomic mass is 9.97. The monoisotopic (exact) mass is 494 g/mol. The minimum atomic E-state index is -4.50. The number of nitrogen functional groups attached to an aromatic ring is 1. The number of alkyl halides is 3. The number of carbonyl (C=O) groups is 1. The first-order valence-corrected chi connectivity index (χ1v) is 11.6. The molecule has 1 amide bonds. The van der Waals surface area contributed by atoms with Crippen LogP contribution in [0.5, 0.6) is 0 Å². The van der Waals surface area contributed by atoms with E-state index in [1.54, 1.807) is 24.9 Å². The number of benzene rings is 2. The number of imidazole rings is 1. The highest BCUT2D eigenvalue weighted by Gasteiger charge is 2.31. The van der Waals surface area contributed by atoms with Crippen molar-refractivity contribution in [3.63, 3.8) is 0 Å². The second kappa shape index (κ2) is 8.85. The molecule has 4 aromatic rings. The normalized spacial score (nSPS) is 15.2. The molecule has 2 aromatic heterocycles. The van der Waals surface area contributed by atoms with Gasteiger partial charge in [0.15, 0.2) is 0 Å². The first-order valence-electron chi connectivity index (χ1n) is 11.6. The first-order chi connectivity index (χ1) is 17.1. The Morgan fingerprint density at radius 1 is 1.19 bits per heavy atom. The number of amides is 1. The van der Waals surface area contributed by atoms with Crippen molar-refractivity contribution in [3.8, 4) is 0 Å². The quantitative estimate of drug-likeness (QED) is 0.376. The number of carbonyl (C=O) groups excluding carboxylic acids is 1. The summed E-state index contributed by atoms with van der Waals surface area (Å²) in [6.07, 6.45) is 1.75. The second-order valence-electron chi connectivity index (χ2n) is 8.99. The van der Waals surface area contributed by atoms with Crippen molar-refractivity contribution in [2.24, 2.45) is 0 Å². The van der Waals surface area contributed by atoms with Gasteiger partial charge in [0, 0.05) is 43.5 Å². The van der Waals surface area contributed by atoms with E-state index in [0.717, 1.165) is 40.6 Å². The van der Waals surface area contributed by atoms with E-state index in [-0.39, 0.29) is 11.6 Å². The summed E-state index contributed by atoms with van der Waals surface area (Å²) in [7, 11) is 0. The molecule has 3 heterocycles. The largest absolute Gasteiger partial charge is 0.416 e. The zero-order valence-electron chi connectivity index (χ0n) is 19.8. The van der Waals surface area contributed by atoms with Gasteiger partial charge in [0.1, 0.15) is 5.82 Å². The summed E-state index contributed by atoms with van der Waals surface area (Å²) in [6.45, 7) is 4.54. The van der Waals surface area contributed by atoms with E-state index in [0.29, 0.717) is 30.2 Å². The first kappa shape index (κ1) is 23.7. The second-order valence-corrected chi connectivity index (χ2v) is 8.99. The molecule has 0 saturated carbocycles. The number of halogens is 3. The number of hydrogen-bond donors (Lipinski definition) is 2. The van der Waals surface area contributed by atoms with Gasteiger partial charge >= 0.3 is 6.18 Å². The predicted octanol–water partition coefficient (Wildman–Crippen LogP) is 5.29. The zero-order chi connectivity index (χ0) is 25.6. The highest BCUT2D eigenvalue weighted by molar-refractivity contribution is 5.94. The van der Waals surface area contributed by atoms with Crippen molar-refractivity contribution >= 4 is 39.7 Å². The lowest BCUT2D eigenvalue weighted by molar-refractivity contribution is -0.137. The molecule has 0 bridgehead atoms. The third kappa shape index (κ3) is 4.46. The van der Waals surface area contributed by atoms with Crippen LogP contribution in [-0.4, -0.2) is 38.3 Å². The number of nitrogens with two attached hydrogens (primary N) is 1. The number of fused-ring (bicyclic) bond motifs is 3. The molecule has 3 N–H and O–H groups in total. The minimum absolute atomic E-state index is 0.0427. The van der Waals surface area contributed by atoms with Gasteiger partial charge in [-0.3, -0.25) is 9.20 Å². The predicted molar refractivity (Wildman–Crippen MR) is 133 cm³/mol. The smallest absolute Gasteiger partial charge is 0.399 e. The molecule has 186 valence electrons. The van der Waals surface area contributed by atoms with E-state index in [1.165, 1.54) is 6.07 Å². The van der Waals surface area contributed by atoms with Crippen LogP contribution in [0, 0.1) is 0 Å². The fraction of sp³-hybridized carbons (Fsp3) is 0.269. The number of hydrogen-bond acceptors (Lipinski definition) is 5. The summed E-state index contributed by atoms with van der Waals surface area (Å²) in [5.74, 6) is 1.03. The summed E-state index contributed by atoms with van der Waals surface area (Å²) < 4.78 is 41.9. The van der Waals surface area contributed by atoms with Crippen LogP contribution < -0.4 is 11.1 Å². The average molecular weight is 495 g/mol. The van der Waals surface area contributed by atoms with Crippen LogP contribution in [0.15, 0.2) is 54.9 Å². The molecule has 7 nitrogen and oxygen atoms in total. The van der Waals surface area contributed by atoms with E-state index in [9.17, 15) is 18.0 Å². The van der Waals surface area contributed by atoms with Crippen LogP contribution in [-0.2, 0) is 11.0 Å². The van der Waals surface area contributed by atoms with E-state index in [2.05, 4.69) is 21.4 Å². The molecule has 0 spiro atoms. The highest BCUT2D eigenvalue weighted by atomic mass is 19.4. The van der Waals surface area contributed by atoms with Crippen LogP contribution in [0.25, 0.3) is 22.3 Å². The molecule has 36 heavy (non-hydrogen) atoms. The third-order valence-corrected chi connectivity index (χ3v) is 6.53. The van der Waals surface area contributed by atoms with E-state index >= 15 is 0 Å². The van der Waals surface area contributed by atoms with Crippen LogP contribution in [0.1, 0.15) is 43.0 Å². The minimum Gasteiger partial charge on any atom is -0.399 e. The molecule has 5 rings (SSSR count). The molecule has 1 aliphatic heterocycles. The summed E-state index contributed by atoms with van der Waals surface area (Å²) >= 11 is 0. The lowest BCUT2D eigenvalue weighted by Crippen LogP contribution is -2.32. The molecule has 0 saturated heterocycles. The molecule has 0 aliphatic carbocycles. The van der Waals surface area contributed by atoms with Crippen molar-refractivity contribution in [2.75, 3.05) is 24.1 Å². The van der Waals surface area contributed by atoms with Crippen LogP contribution in [0.2, 0.25) is 0 Å². The fourth-order valence-corrected chi connectivity index (χ4v) is 4.57. The van der Waals surface area contributed by atoms with E-state index in [4.69, 9.17) is 5.73 Å².